The zero-order valence-electron chi connectivity index (χ0n) is 9.29. The minimum Gasteiger partial charge on any atom is -0.475 e. The van der Waals surface area contributed by atoms with E-state index >= 15 is 0 Å². The Kier molecular flexibility index (Phi) is 4.07. The van der Waals surface area contributed by atoms with Crippen LogP contribution in [0.25, 0.3) is 0 Å². The number of nitriles is 1. The summed E-state index contributed by atoms with van der Waals surface area (Å²) in [5, 5.41) is 11.9. The van der Waals surface area contributed by atoms with Crippen LogP contribution in [0.3, 0.4) is 0 Å². The Morgan fingerprint density at radius 2 is 2.27 bits per heavy atom. The lowest BCUT2D eigenvalue weighted by molar-refractivity contribution is 0.304. The Balaban J connectivity index is 2.90. The number of hydrogen-bond donors (Lipinski definition) is 1. The number of ether oxygens (including phenoxy) is 1. The summed E-state index contributed by atoms with van der Waals surface area (Å²) < 4.78 is 5.43. The first-order valence-electron chi connectivity index (χ1n) is 4.84. The number of nitrogens with zero attached hydrogens (tertiary/aromatic N) is 2. The lowest BCUT2D eigenvalue weighted by atomic mass is 10.1. The van der Waals surface area contributed by atoms with E-state index in [1.54, 1.807) is 0 Å². The van der Waals surface area contributed by atoms with Crippen molar-refractivity contribution < 1.29 is 4.74 Å². The number of aromatic nitrogens is 1. The predicted octanol–water partition coefficient (Wildman–Crippen LogP) is 1.17. The molecule has 0 radical (unpaired) electrons. The highest BCUT2D eigenvalue weighted by molar-refractivity contribution is 5.45. The van der Waals surface area contributed by atoms with Crippen molar-refractivity contribution in [2.75, 3.05) is 20.2 Å². The van der Waals surface area contributed by atoms with Crippen molar-refractivity contribution in [1.82, 2.24) is 10.3 Å². The number of aryl methyl sites for hydroxylation is 2. The molecule has 0 aromatic carbocycles. The second-order valence-corrected chi connectivity index (χ2v) is 3.32. The van der Waals surface area contributed by atoms with Crippen LogP contribution >= 0.6 is 0 Å². The number of nitrogens with one attached hydrogen (secondary N) is 1. The summed E-state index contributed by atoms with van der Waals surface area (Å²) in [4.78, 5) is 4.20. The van der Waals surface area contributed by atoms with Crippen molar-refractivity contribution in [2.24, 2.45) is 0 Å². The van der Waals surface area contributed by atoms with Gasteiger partial charge in [0.25, 0.3) is 0 Å². The van der Waals surface area contributed by atoms with Gasteiger partial charge in [-0.15, -0.1) is 0 Å². The molecule has 0 spiro atoms. The van der Waals surface area contributed by atoms with E-state index in [0.717, 1.165) is 17.8 Å². The van der Waals surface area contributed by atoms with Gasteiger partial charge in [-0.25, -0.2) is 4.98 Å². The Morgan fingerprint density at radius 1 is 1.53 bits per heavy atom. The van der Waals surface area contributed by atoms with Crippen molar-refractivity contribution in [2.45, 2.75) is 13.8 Å². The molecular weight excluding hydrogens is 190 g/mol. The van der Waals surface area contributed by atoms with Crippen LogP contribution in [0.5, 0.6) is 5.88 Å². The smallest absolute Gasteiger partial charge is 0.232 e. The maximum Gasteiger partial charge on any atom is 0.232 e. The molecule has 0 amide bonds. The van der Waals surface area contributed by atoms with Crippen molar-refractivity contribution in [3.63, 3.8) is 0 Å². The Bertz CT molecular complexity index is 382. The molecule has 1 heterocycles. The average molecular weight is 205 g/mol. The molecule has 0 saturated heterocycles. The third-order valence-corrected chi connectivity index (χ3v) is 2.01. The van der Waals surface area contributed by atoms with Gasteiger partial charge in [0.15, 0.2) is 0 Å². The summed E-state index contributed by atoms with van der Waals surface area (Å²) in [6.07, 6.45) is 0. The fourth-order valence-corrected chi connectivity index (χ4v) is 1.29. The van der Waals surface area contributed by atoms with Crippen LogP contribution in [0, 0.1) is 25.2 Å². The fraction of sp³-hybridized carbons (Fsp3) is 0.455. The van der Waals surface area contributed by atoms with Gasteiger partial charge in [0, 0.05) is 12.2 Å². The minimum atomic E-state index is 0.435. The molecule has 0 aliphatic carbocycles. The van der Waals surface area contributed by atoms with Gasteiger partial charge in [0.2, 0.25) is 5.88 Å². The highest BCUT2D eigenvalue weighted by Crippen LogP contribution is 2.19. The second kappa shape index (κ2) is 5.32. The van der Waals surface area contributed by atoms with E-state index in [9.17, 15) is 0 Å². The Hall–Kier alpha value is -1.60. The van der Waals surface area contributed by atoms with Crippen LogP contribution in [0.4, 0.5) is 0 Å². The van der Waals surface area contributed by atoms with Gasteiger partial charge in [-0.05, 0) is 32.5 Å². The highest BCUT2D eigenvalue weighted by atomic mass is 16.5. The van der Waals surface area contributed by atoms with Crippen LogP contribution in [0.1, 0.15) is 16.8 Å². The quantitative estimate of drug-likeness (QED) is 0.749. The topological polar surface area (TPSA) is 57.9 Å². The SMILES string of the molecule is CNCCOc1nc(C)cc(C)c1C#N. The summed E-state index contributed by atoms with van der Waals surface area (Å²) in [5.41, 5.74) is 2.30. The largest absolute Gasteiger partial charge is 0.475 e. The molecule has 0 fully saturated rings. The molecule has 4 nitrogen and oxygen atoms in total. The molecule has 0 aliphatic rings. The Labute approximate surface area is 89.9 Å². The fourth-order valence-electron chi connectivity index (χ4n) is 1.29. The molecule has 0 unspecified atom stereocenters. The molecule has 15 heavy (non-hydrogen) atoms. The van der Waals surface area contributed by atoms with Crippen LogP contribution in [0.15, 0.2) is 6.07 Å². The van der Waals surface area contributed by atoms with Gasteiger partial charge < -0.3 is 10.1 Å². The lowest BCUT2D eigenvalue weighted by Gasteiger charge is -2.09. The van der Waals surface area contributed by atoms with Gasteiger partial charge >= 0.3 is 0 Å². The Morgan fingerprint density at radius 3 is 2.87 bits per heavy atom. The van der Waals surface area contributed by atoms with Gasteiger partial charge in [-0.3, -0.25) is 0 Å². The summed E-state index contributed by atoms with van der Waals surface area (Å²) >= 11 is 0. The minimum absolute atomic E-state index is 0.435. The summed E-state index contributed by atoms with van der Waals surface area (Å²) in [7, 11) is 1.85. The first kappa shape index (κ1) is 11.5. The average Bonchev–Trinajstić information content (AvgIpc) is 2.17. The summed E-state index contributed by atoms with van der Waals surface area (Å²) in [6.45, 7) is 5.03. The standard InChI is InChI=1S/C11H15N3O/c1-8-6-9(2)14-11(10(8)7-12)15-5-4-13-3/h6,13H,4-5H2,1-3H3. The van der Waals surface area contributed by atoms with E-state index in [1.165, 1.54) is 0 Å². The van der Waals surface area contributed by atoms with E-state index in [4.69, 9.17) is 10.00 Å². The van der Waals surface area contributed by atoms with Gasteiger partial charge in [0.05, 0.1) is 0 Å². The molecule has 80 valence electrons. The van der Waals surface area contributed by atoms with E-state index in [1.807, 2.05) is 27.0 Å². The molecular formula is C11H15N3O. The van der Waals surface area contributed by atoms with E-state index in [2.05, 4.69) is 16.4 Å². The highest BCUT2D eigenvalue weighted by Gasteiger charge is 2.09. The van der Waals surface area contributed by atoms with E-state index in [-0.39, 0.29) is 0 Å². The normalized spacial score (nSPS) is 9.73. The molecule has 1 N–H and O–H groups in total. The van der Waals surface area contributed by atoms with Gasteiger partial charge in [-0.1, -0.05) is 0 Å². The number of likely N-dealkylation sites (N-methyl/N-ethyl adjacent to an activating group) is 1. The van der Waals surface area contributed by atoms with E-state index in [0.29, 0.717) is 18.1 Å². The van der Waals surface area contributed by atoms with Crippen molar-refractivity contribution in [3.05, 3.63) is 22.9 Å². The van der Waals surface area contributed by atoms with Crippen molar-refractivity contribution in [1.29, 1.82) is 5.26 Å². The first-order chi connectivity index (χ1) is 7.19. The third kappa shape index (κ3) is 2.93. The molecule has 1 aromatic rings. The maximum atomic E-state index is 8.96. The zero-order chi connectivity index (χ0) is 11.3. The van der Waals surface area contributed by atoms with Crippen LogP contribution in [-0.4, -0.2) is 25.2 Å². The molecule has 0 atom stereocenters. The lowest BCUT2D eigenvalue weighted by Crippen LogP contribution is -2.17. The summed E-state index contributed by atoms with van der Waals surface area (Å²) in [5.74, 6) is 0.435. The van der Waals surface area contributed by atoms with Gasteiger partial charge in [-0.2, -0.15) is 5.26 Å². The molecule has 1 rings (SSSR count). The van der Waals surface area contributed by atoms with Gasteiger partial charge in [0.1, 0.15) is 18.2 Å². The van der Waals surface area contributed by atoms with Crippen LogP contribution < -0.4 is 10.1 Å². The molecule has 4 heteroatoms. The number of rotatable bonds is 4. The first-order valence-corrected chi connectivity index (χ1v) is 4.84. The van der Waals surface area contributed by atoms with Crippen LogP contribution in [-0.2, 0) is 0 Å². The molecule has 1 aromatic heterocycles. The number of pyridine rings is 1. The van der Waals surface area contributed by atoms with E-state index < -0.39 is 0 Å². The predicted molar refractivity (Wildman–Crippen MR) is 57.8 cm³/mol. The van der Waals surface area contributed by atoms with Crippen molar-refractivity contribution >= 4 is 0 Å². The van der Waals surface area contributed by atoms with Crippen molar-refractivity contribution in [3.8, 4) is 11.9 Å². The zero-order valence-corrected chi connectivity index (χ0v) is 9.29. The monoisotopic (exact) mass is 205 g/mol. The molecule has 0 aliphatic heterocycles. The molecule has 0 bridgehead atoms. The third-order valence-electron chi connectivity index (χ3n) is 2.01. The second-order valence-electron chi connectivity index (χ2n) is 3.32. The van der Waals surface area contributed by atoms with Crippen LogP contribution in [0.2, 0.25) is 0 Å². The maximum absolute atomic E-state index is 8.96. The number of hydrogen-bond acceptors (Lipinski definition) is 4. The molecule has 0 saturated carbocycles. The summed E-state index contributed by atoms with van der Waals surface area (Å²) in [6, 6.07) is 3.99.